The number of benzene rings is 1. The Bertz CT molecular complexity index is 1210. The van der Waals surface area contributed by atoms with Crippen molar-refractivity contribution in [3.8, 4) is 22.8 Å². The smallest absolute Gasteiger partial charge is 0.223 e. The molecule has 2 aromatic heterocycles. The number of hydrogen-bond donors (Lipinski definition) is 1. The lowest BCUT2D eigenvalue weighted by Crippen LogP contribution is -2.40. The van der Waals surface area contributed by atoms with Crippen LogP contribution in [0, 0.1) is 5.92 Å². The molecule has 1 aliphatic heterocycles. The normalized spacial score (nSPS) is 17.9. The lowest BCUT2D eigenvalue weighted by Gasteiger charge is -2.31. The lowest BCUT2D eigenvalue weighted by atomic mass is 9.90. The van der Waals surface area contributed by atoms with Crippen molar-refractivity contribution in [3.63, 3.8) is 0 Å². The van der Waals surface area contributed by atoms with Crippen molar-refractivity contribution in [3.05, 3.63) is 47.2 Å². The van der Waals surface area contributed by atoms with Crippen LogP contribution in [0.3, 0.4) is 0 Å². The number of fused-ring (bicyclic) bond motifs is 1. The summed E-state index contributed by atoms with van der Waals surface area (Å²) in [6, 6.07) is 3.35. The first kappa shape index (κ1) is 24.2. The van der Waals surface area contributed by atoms with Gasteiger partial charge in [0.1, 0.15) is 11.5 Å². The number of anilines is 1. The van der Waals surface area contributed by atoms with Gasteiger partial charge in [0.05, 0.1) is 54.3 Å². The number of methoxy groups -OCH3 is 2. The van der Waals surface area contributed by atoms with Gasteiger partial charge in [-0.05, 0) is 24.5 Å². The number of nitrogens with one attached hydrogen (secondary N) is 1. The molecule has 0 radical (unpaired) electrons. The molecule has 4 rings (SSSR count). The maximum atomic E-state index is 11.9. The van der Waals surface area contributed by atoms with Crippen molar-refractivity contribution in [2.75, 3.05) is 32.8 Å². The standard InChI is InChI=1S/C24H24Cl2N4O4/c1-4-15(31)7-13-5-6-34-12-18(13)30-24-28-10-14-8-16(27-11-17(14)29-24)21-22(25)19(32-2)9-20(33-3)23(21)26/h4,8-11,13,18H,1,5-7,12H2,2-3H3,(H,28,29,30)/t13-,18-/m1/s1. The number of allylic oxidation sites excluding steroid dienone is 1. The molecule has 3 aromatic rings. The van der Waals surface area contributed by atoms with Crippen molar-refractivity contribution in [2.24, 2.45) is 5.92 Å². The third kappa shape index (κ3) is 4.94. The topological polar surface area (TPSA) is 95.5 Å². The molecule has 0 unspecified atom stereocenters. The summed E-state index contributed by atoms with van der Waals surface area (Å²) in [6.07, 6.45) is 5.88. The van der Waals surface area contributed by atoms with Crippen molar-refractivity contribution >= 4 is 45.8 Å². The molecule has 0 aliphatic carbocycles. The molecule has 10 heteroatoms. The Morgan fingerprint density at radius 3 is 2.62 bits per heavy atom. The zero-order chi connectivity index (χ0) is 24.2. The summed E-state index contributed by atoms with van der Waals surface area (Å²) >= 11 is 13.1. The van der Waals surface area contributed by atoms with E-state index in [1.165, 1.54) is 20.3 Å². The summed E-state index contributed by atoms with van der Waals surface area (Å²) in [5.74, 6) is 1.42. The van der Waals surface area contributed by atoms with Crippen molar-refractivity contribution in [1.29, 1.82) is 0 Å². The summed E-state index contributed by atoms with van der Waals surface area (Å²) in [5, 5.41) is 4.72. The van der Waals surface area contributed by atoms with Gasteiger partial charge < -0.3 is 19.5 Å². The summed E-state index contributed by atoms with van der Waals surface area (Å²) in [6.45, 7) is 4.66. The zero-order valence-electron chi connectivity index (χ0n) is 18.8. The molecule has 0 saturated carbocycles. The second kappa shape index (κ2) is 10.5. The van der Waals surface area contributed by atoms with Gasteiger partial charge in [-0.15, -0.1) is 0 Å². The van der Waals surface area contributed by atoms with E-state index in [-0.39, 0.29) is 17.7 Å². The number of carbonyl (C=O) groups excluding carboxylic acids is 1. The highest BCUT2D eigenvalue weighted by molar-refractivity contribution is 6.41. The number of hydrogen-bond acceptors (Lipinski definition) is 8. The zero-order valence-corrected chi connectivity index (χ0v) is 20.3. The molecular formula is C24H24Cl2N4O4. The van der Waals surface area contributed by atoms with Crippen molar-refractivity contribution < 1.29 is 19.0 Å². The van der Waals surface area contributed by atoms with Crippen LogP contribution < -0.4 is 14.8 Å². The molecule has 0 amide bonds. The maximum Gasteiger partial charge on any atom is 0.223 e. The van der Waals surface area contributed by atoms with Crippen molar-refractivity contribution in [1.82, 2.24) is 15.0 Å². The van der Waals surface area contributed by atoms with Crippen LogP contribution in [0.4, 0.5) is 5.95 Å². The van der Waals surface area contributed by atoms with E-state index in [2.05, 4.69) is 26.8 Å². The molecule has 1 aromatic carbocycles. The SMILES string of the molecule is C=CC(=O)C[C@H]1CCOC[C@H]1Nc1ncc2cc(-c3c(Cl)c(OC)cc(OC)c3Cl)ncc2n1. The first-order valence-corrected chi connectivity index (χ1v) is 11.4. The highest BCUT2D eigenvalue weighted by Gasteiger charge is 2.28. The number of rotatable bonds is 8. The average molecular weight is 503 g/mol. The molecule has 1 N–H and O–H groups in total. The van der Waals surface area contributed by atoms with Gasteiger partial charge in [0.25, 0.3) is 0 Å². The van der Waals surface area contributed by atoms with Crippen LogP contribution in [-0.4, -0.2) is 54.2 Å². The average Bonchev–Trinajstić information content (AvgIpc) is 2.85. The number of pyridine rings is 1. The minimum Gasteiger partial charge on any atom is -0.495 e. The fourth-order valence-corrected chi connectivity index (χ4v) is 4.64. The molecular weight excluding hydrogens is 479 g/mol. The summed E-state index contributed by atoms with van der Waals surface area (Å²) in [7, 11) is 3.04. The Kier molecular flexibility index (Phi) is 7.50. The van der Waals surface area contributed by atoms with Gasteiger partial charge in [0.15, 0.2) is 5.78 Å². The molecule has 0 spiro atoms. The molecule has 178 valence electrons. The molecule has 0 bridgehead atoms. The molecule has 1 fully saturated rings. The second-order valence-corrected chi connectivity index (χ2v) is 8.61. The quantitative estimate of drug-likeness (QED) is 0.431. The summed E-state index contributed by atoms with van der Waals surface area (Å²) in [4.78, 5) is 25.4. The van der Waals surface area contributed by atoms with Crippen LogP contribution >= 0.6 is 23.2 Å². The Balaban J connectivity index is 1.63. The summed E-state index contributed by atoms with van der Waals surface area (Å²) in [5.41, 5.74) is 1.67. The largest absolute Gasteiger partial charge is 0.495 e. The molecule has 34 heavy (non-hydrogen) atoms. The van der Waals surface area contributed by atoms with E-state index in [9.17, 15) is 4.79 Å². The van der Waals surface area contributed by atoms with Gasteiger partial charge in [0.2, 0.25) is 5.95 Å². The Morgan fingerprint density at radius 2 is 1.94 bits per heavy atom. The van der Waals surface area contributed by atoms with E-state index in [0.29, 0.717) is 63.9 Å². The minimum atomic E-state index is -0.0794. The highest BCUT2D eigenvalue weighted by Crippen LogP contribution is 2.45. The van der Waals surface area contributed by atoms with Gasteiger partial charge in [0, 0.05) is 36.2 Å². The predicted octanol–water partition coefficient (Wildman–Crippen LogP) is 4.98. The predicted molar refractivity (Wildman–Crippen MR) is 132 cm³/mol. The number of carbonyl (C=O) groups is 1. The van der Waals surface area contributed by atoms with E-state index >= 15 is 0 Å². The first-order valence-electron chi connectivity index (χ1n) is 10.7. The van der Waals surface area contributed by atoms with Crippen LogP contribution in [-0.2, 0) is 9.53 Å². The Morgan fingerprint density at radius 1 is 1.21 bits per heavy atom. The van der Waals surface area contributed by atoms with Crippen LogP contribution in [0.5, 0.6) is 11.5 Å². The number of ether oxygens (including phenoxy) is 3. The minimum absolute atomic E-state index is 0.0151. The van der Waals surface area contributed by atoms with Crippen molar-refractivity contribution in [2.45, 2.75) is 18.9 Å². The van der Waals surface area contributed by atoms with Crippen LogP contribution in [0.25, 0.3) is 22.2 Å². The van der Waals surface area contributed by atoms with Gasteiger partial charge in [-0.2, -0.15) is 0 Å². The number of nitrogens with zero attached hydrogens (tertiary/aromatic N) is 3. The highest BCUT2D eigenvalue weighted by atomic mass is 35.5. The van der Waals surface area contributed by atoms with E-state index in [1.54, 1.807) is 24.5 Å². The number of halogens is 2. The monoisotopic (exact) mass is 502 g/mol. The number of ketones is 1. The Hall–Kier alpha value is -2.94. The fourth-order valence-electron chi connectivity index (χ4n) is 3.94. The van der Waals surface area contributed by atoms with E-state index in [0.717, 1.165) is 11.8 Å². The second-order valence-electron chi connectivity index (χ2n) is 7.86. The first-order chi connectivity index (χ1) is 16.4. The third-order valence-electron chi connectivity index (χ3n) is 5.80. The Labute approximate surface area is 207 Å². The number of aromatic nitrogens is 3. The van der Waals surface area contributed by atoms with Gasteiger partial charge in [-0.3, -0.25) is 9.78 Å². The fraction of sp³-hybridized carbons (Fsp3) is 0.333. The van der Waals surface area contributed by atoms with Gasteiger partial charge >= 0.3 is 0 Å². The summed E-state index contributed by atoms with van der Waals surface area (Å²) < 4.78 is 16.3. The van der Waals surface area contributed by atoms with Gasteiger partial charge in [-0.25, -0.2) is 9.97 Å². The third-order valence-corrected chi connectivity index (χ3v) is 6.55. The molecule has 8 nitrogen and oxygen atoms in total. The van der Waals surface area contributed by atoms with Crippen LogP contribution in [0.2, 0.25) is 10.0 Å². The van der Waals surface area contributed by atoms with Crippen LogP contribution in [0.1, 0.15) is 12.8 Å². The molecule has 1 aliphatic rings. The van der Waals surface area contributed by atoms with E-state index in [4.69, 9.17) is 37.4 Å². The molecule has 1 saturated heterocycles. The van der Waals surface area contributed by atoms with E-state index in [1.807, 2.05) is 0 Å². The maximum absolute atomic E-state index is 11.9. The van der Waals surface area contributed by atoms with E-state index < -0.39 is 0 Å². The molecule has 3 heterocycles. The molecule has 2 atom stereocenters. The van der Waals surface area contributed by atoms with Gasteiger partial charge in [-0.1, -0.05) is 29.8 Å². The van der Waals surface area contributed by atoms with Crippen LogP contribution in [0.15, 0.2) is 37.2 Å². The lowest BCUT2D eigenvalue weighted by molar-refractivity contribution is -0.116.